The van der Waals surface area contributed by atoms with E-state index in [0.717, 1.165) is 5.56 Å². The summed E-state index contributed by atoms with van der Waals surface area (Å²) in [6.45, 7) is 1.82. The summed E-state index contributed by atoms with van der Waals surface area (Å²) in [6, 6.07) is 3.38. The molecule has 0 saturated carbocycles. The van der Waals surface area contributed by atoms with Crippen LogP contribution in [0.25, 0.3) is 0 Å². The summed E-state index contributed by atoms with van der Waals surface area (Å²) in [7, 11) is 1.76. The van der Waals surface area contributed by atoms with Crippen molar-refractivity contribution < 1.29 is 4.79 Å². The van der Waals surface area contributed by atoms with Crippen molar-refractivity contribution in [1.29, 1.82) is 0 Å². The molecule has 0 fully saturated rings. The van der Waals surface area contributed by atoms with Gasteiger partial charge >= 0.3 is 0 Å². The van der Waals surface area contributed by atoms with E-state index >= 15 is 0 Å². The van der Waals surface area contributed by atoms with Crippen LogP contribution in [0.2, 0.25) is 5.15 Å². The van der Waals surface area contributed by atoms with E-state index in [-0.39, 0.29) is 5.91 Å². The number of aromatic nitrogens is 2. The number of nitrogen functional groups attached to an aromatic ring is 1. The Bertz CT molecular complexity index is 606. The van der Waals surface area contributed by atoms with Gasteiger partial charge in [0.2, 0.25) is 0 Å². The third-order valence-corrected chi connectivity index (χ3v) is 2.93. The van der Waals surface area contributed by atoms with Gasteiger partial charge in [-0.2, -0.15) is 0 Å². The number of carbonyl (C=O) groups is 1. The zero-order valence-corrected chi connectivity index (χ0v) is 10.8. The molecule has 5 nitrogen and oxygen atoms in total. The SMILES string of the molecule is Cc1cc(NC(=O)c2cc(N)cn2C)cnc1Cl. The fraction of sp³-hybridized carbons (Fsp3) is 0.167. The third kappa shape index (κ3) is 2.46. The monoisotopic (exact) mass is 264 g/mol. The highest BCUT2D eigenvalue weighted by atomic mass is 35.5. The smallest absolute Gasteiger partial charge is 0.272 e. The van der Waals surface area contributed by atoms with Gasteiger partial charge in [0.05, 0.1) is 17.6 Å². The number of nitrogens with two attached hydrogens (primary N) is 1. The summed E-state index contributed by atoms with van der Waals surface area (Å²) in [5.74, 6) is -0.238. The van der Waals surface area contributed by atoms with Crippen molar-refractivity contribution in [3.63, 3.8) is 0 Å². The summed E-state index contributed by atoms with van der Waals surface area (Å²) >= 11 is 5.82. The van der Waals surface area contributed by atoms with Crippen molar-refractivity contribution in [2.24, 2.45) is 7.05 Å². The summed E-state index contributed by atoms with van der Waals surface area (Å²) in [5, 5.41) is 3.17. The maximum absolute atomic E-state index is 12.0. The second-order valence-electron chi connectivity index (χ2n) is 4.06. The molecule has 2 heterocycles. The average molecular weight is 265 g/mol. The van der Waals surface area contributed by atoms with Crippen molar-refractivity contribution in [3.05, 3.63) is 40.9 Å². The van der Waals surface area contributed by atoms with Crippen LogP contribution in [0.15, 0.2) is 24.5 Å². The minimum atomic E-state index is -0.238. The van der Waals surface area contributed by atoms with Crippen LogP contribution in [0.1, 0.15) is 16.1 Å². The molecule has 2 rings (SSSR count). The van der Waals surface area contributed by atoms with E-state index < -0.39 is 0 Å². The molecule has 0 aromatic carbocycles. The van der Waals surface area contributed by atoms with Crippen LogP contribution in [0.4, 0.5) is 11.4 Å². The van der Waals surface area contributed by atoms with Gasteiger partial charge in [0.25, 0.3) is 5.91 Å². The molecule has 2 aromatic heterocycles. The van der Waals surface area contributed by atoms with Crippen molar-refractivity contribution in [1.82, 2.24) is 9.55 Å². The molecule has 0 aliphatic heterocycles. The number of nitrogens with one attached hydrogen (secondary N) is 1. The number of anilines is 2. The second kappa shape index (κ2) is 4.70. The highest BCUT2D eigenvalue weighted by Crippen LogP contribution is 2.17. The topological polar surface area (TPSA) is 72.9 Å². The van der Waals surface area contributed by atoms with Crippen LogP contribution < -0.4 is 11.1 Å². The summed E-state index contributed by atoms with van der Waals surface area (Å²) < 4.78 is 1.67. The second-order valence-corrected chi connectivity index (χ2v) is 4.41. The van der Waals surface area contributed by atoms with Gasteiger partial charge < -0.3 is 15.6 Å². The molecular weight excluding hydrogens is 252 g/mol. The zero-order valence-electron chi connectivity index (χ0n) is 10.1. The minimum Gasteiger partial charge on any atom is -0.397 e. The molecule has 0 aliphatic carbocycles. The molecule has 0 radical (unpaired) electrons. The summed E-state index contributed by atoms with van der Waals surface area (Å²) in [4.78, 5) is 16.0. The number of rotatable bonds is 2. The van der Waals surface area contributed by atoms with E-state index in [1.54, 1.807) is 29.9 Å². The van der Waals surface area contributed by atoms with Gasteiger partial charge in [0.1, 0.15) is 10.8 Å². The molecule has 6 heteroatoms. The van der Waals surface area contributed by atoms with E-state index in [0.29, 0.717) is 22.2 Å². The maximum atomic E-state index is 12.0. The Morgan fingerprint density at radius 1 is 1.50 bits per heavy atom. The molecule has 0 unspecified atom stereocenters. The lowest BCUT2D eigenvalue weighted by Gasteiger charge is -2.06. The fourth-order valence-corrected chi connectivity index (χ4v) is 1.74. The minimum absolute atomic E-state index is 0.238. The number of carbonyl (C=O) groups excluding carboxylic acids is 1. The van der Waals surface area contributed by atoms with Crippen LogP contribution in [0, 0.1) is 6.92 Å². The first-order valence-electron chi connectivity index (χ1n) is 5.32. The molecule has 1 amide bonds. The largest absolute Gasteiger partial charge is 0.397 e. The van der Waals surface area contributed by atoms with Crippen molar-refractivity contribution >= 4 is 28.9 Å². The summed E-state index contributed by atoms with van der Waals surface area (Å²) in [6.07, 6.45) is 3.19. The van der Waals surface area contributed by atoms with E-state index in [9.17, 15) is 4.79 Å². The molecule has 94 valence electrons. The highest BCUT2D eigenvalue weighted by Gasteiger charge is 2.11. The molecule has 0 aliphatic rings. The number of nitrogens with zero attached hydrogens (tertiary/aromatic N) is 2. The number of aryl methyl sites for hydroxylation is 2. The van der Waals surface area contributed by atoms with E-state index in [4.69, 9.17) is 17.3 Å². The quantitative estimate of drug-likeness (QED) is 0.817. The standard InChI is InChI=1S/C12H13ClN4O/c1-7-3-9(5-15-11(7)13)16-12(18)10-4-8(14)6-17(10)2/h3-6H,14H2,1-2H3,(H,16,18). The van der Waals surface area contributed by atoms with Gasteiger partial charge in [0.15, 0.2) is 0 Å². The first-order chi connectivity index (χ1) is 8.47. The lowest BCUT2D eigenvalue weighted by Crippen LogP contribution is -2.15. The van der Waals surface area contributed by atoms with Gasteiger partial charge in [-0.25, -0.2) is 4.98 Å². The maximum Gasteiger partial charge on any atom is 0.272 e. The zero-order chi connectivity index (χ0) is 13.3. The highest BCUT2D eigenvalue weighted by molar-refractivity contribution is 6.30. The van der Waals surface area contributed by atoms with Crippen molar-refractivity contribution in [3.8, 4) is 0 Å². The Hall–Kier alpha value is -2.01. The fourth-order valence-electron chi connectivity index (χ4n) is 1.64. The van der Waals surface area contributed by atoms with Gasteiger partial charge in [-0.15, -0.1) is 0 Å². The molecule has 2 aromatic rings. The number of hydrogen-bond acceptors (Lipinski definition) is 3. The van der Waals surface area contributed by atoms with Gasteiger partial charge in [-0.3, -0.25) is 4.79 Å². The van der Waals surface area contributed by atoms with Gasteiger partial charge in [-0.1, -0.05) is 11.6 Å². The lowest BCUT2D eigenvalue weighted by molar-refractivity contribution is 0.101. The van der Waals surface area contributed by atoms with E-state index in [1.807, 2.05) is 6.92 Å². The van der Waals surface area contributed by atoms with Crippen molar-refractivity contribution in [2.75, 3.05) is 11.1 Å². The first kappa shape index (κ1) is 12.4. The molecular formula is C12H13ClN4O. The predicted octanol–water partition coefficient (Wildman–Crippen LogP) is 2.22. The lowest BCUT2D eigenvalue weighted by atomic mass is 10.3. The molecule has 0 saturated heterocycles. The predicted molar refractivity (Wildman–Crippen MR) is 71.8 cm³/mol. The Kier molecular flexibility index (Phi) is 3.25. The van der Waals surface area contributed by atoms with Crippen LogP contribution in [0.3, 0.4) is 0 Å². The molecule has 3 N–H and O–H groups in total. The molecule has 0 atom stereocenters. The normalized spacial score (nSPS) is 10.4. The van der Waals surface area contributed by atoms with Gasteiger partial charge in [-0.05, 0) is 24.6 Å². The first-order valence-corrected chi connectivity index (χ1v) is 5.70. The number of halogens is 1. The molecule has 18 heavy (non-hydrogen) atoms. The van der Waals surface area contributed by atoms with Crippen LogP contribution in [-0.2, 0) is 7.05 Å². The average Bonchev–Trinajstić information content (AvgIpc) is 2.63. The Morgan fingerprint density at radius 3 is 2.78 bits per heavy atom. The Balaban J connectivity index is 2.21. The Labute approximate surface area is 110 Å². The number of hydrogen-bond donors (Lipinski definition) is 2. The van der Waals surface area contributed by atoms with E-state index in [1.165, 1.54) is 6.20 Å². The number of pyridine rings is 1. The van der Waals surface area contributed by atoms with Crippen molar-refractivity contribution in [2.45, 2.75) is 6.92 Å². The van der Waals surface area contributed by atoms with Crippen LogP contribution >= 0.6 is 11.6 Å². The van der Waals surface area contributed by atoms with Crippen LogP contribution in [-0.4, -0.2) is 15.5 Å². The Morgan fingerprint density at radius 2 is 2.22 bits per heavy atom. The van der Waals surface area contributed by atoms with E-state index in [2.05, 4.69) is 10.3 Å². The molecule has 0 bridgehead atoms. The third-order valence-electron chi connectivity index (χ3n) is 2.53. The molecule has 0 spiro atoms. The number of amides is 1. The van der Waals surface area contributed by atoms with Crippen LogP contribution in [0.5, 0.6) is 0 Å². The summed E-state index contributed by atoms with van der Waals surface area (Å²) in [5.41, 5.74) is 8.06. The van der Waals surface area contributed by atoms with Gasteiger partial charge in [0, 0.05) is 13.2 Å².